The van der Waals surface area contributed by atoms with E-state index in [1.807, 2.05) is 6.20 Å². The second kappa shape index (κ2) is 5.53. The molecule has 0 aliphatic carbocycles. The van der Waals surface area contributed by atoms with E-state index in [1.165, 1.54) is 0 Å². The van der Waals surface area contributed by atoms with Gasteiger partial charge in [-0.15, -0.1) is 5.10 Å². The van der Waals surface area contributed by atoms with Gasteiger partial charge in [0, 0.05) is 13.1 Å². The van der Waals surface area contributed by atoms with Crippen molar-refractivity contribution >= 4 is 0 Å². The first-order valence-electron chi connectivity index (χ1n) is 5.66. The Bertz CT molecular complexity index is 463. The molecule has 0 spiro atoms. The Hall–Kier alpha value is -1.76. The van der Waals surface area contributed by atoms with Crippen molar-refractivity contribution in [2.24, 2.45) is 5.73 Å². The molecule has 7 nitrogen and oxygen atoms in total. The second-order valence-electron chi connectivity index (χ2n) is 3.88. The second-order valence-corrected chi connectivity index (χ2v) is 3.88. The minimum atomic E-state index is 0.487. The number of nitrogens with two attached hydrogens (primary N) is 1. The Labute approximate surface area is 99.0 Å². The predicted molar refractivity (Wildman–Crippen MR) is 60.2 cm³/mol. The molecule has 2 N–H and O–H groups in total. The van der Waals surface area contributed by atoms with E-state index in [0.29, 0.717) is 18.3 Å². The first-order valence-corrected chi connectivity index (χ1v) is 5.66. The van der Waals surface area contributed by atoms with Crippen molar-refractivity contribution in [1.82, 2.24) is 25.1 Å². The number of hydrogen-bond acceptors (Lipinski definition) is 6. The average Bonchev–Trinajstić information content (AvgIpc) is 2.90. The van der Waals surface area contributed by atoms with E-state index in [9.17, 15) is 0 Å². The van der Waals surface area contributed by atoms with E-state index in [-0.39, 0.29) is 0 Å². The molecule has 2 heterocycles. The molecule has 0 atom stereocenters. The summed E-state index contributed by atoms with van der Waals surface area (Å²) in [5, 5.41) is 11.9. The van der Waals surface area contributed by atoms with Crippen LogP contribution in [0.2, 0.25) is 0 Å². The summed E-state index contributed by atoms with van der Waals surface area (Å²) in [5.41, 5.74) is 6.41. The van der Waals surface area contributed by atoms with E-state index >= 15 is 0 Å². The fraction of sp³-hybridized carbons (Fsp3) is 0.600. The summed E-state index contributed by atoms with van der Waals surface area (Å²) >= 11 is 0. The lowest BCUT2D eigenvalue weighted by Gasteiger charge is -1.94. The average molecular weight is 236 g/mol. The van der Waals surface area contributed by atoms with Crippen LogP contribution in [0.5, 0.6) is 0 Å². The largest absolute Gasteiger partial charge is 0.340 e. The molecule has 7 heteroatoms. The van der Waals surface area contributed by atoms with Gasteiger partial charge in [0.2, 0.25) is 5.89 Å². The Balaban J connectivity index is 1.89. The lowest BCUT2D eigenvalue weighted by atomic mass is 10.2. The van der Waals surface area contributed by atoms with Gasteiger partial charge >= 0.3 is 0 Å². The zero-order chi connectivity index (χ0) is 12.1. The third-order valence-electron chi connectivity index (χ3n) is 2.35. The maximum absolute atomic E-state index is 5.43. The van der Waals surface area contributed by atoms with E-state index in [4.69, 9.17) is 10.3 Å². The van der Waals surface area contributed by atoms with E-state index in [2.05, 4.69) is 20.5 Å². The minimum absolute atomic E-state index is 0.487. The van der Waals surface area contributed by atoms with Crippen LogP contribution >= 0.6 is 0 Å². The smallest absolute Gasteiger partial charge is 0.223 e. The monoisotopic (exact) mass is 236 g/mol. The topological polar surface area (TPSA) is 95.7 Å². The van der Waals surface area contributed by atoms with Crippen molar-refractivity contribution in [2.75, 3.05) is 6.54 Å². The van der Waals surface area contributed by atoms with Gasteiger partial charge in [-0.1, -0.05) is 10.4 Å². The molecule has 0 saturated heterocycles. The summed E-state index contributed by atoms with van der Waals surface area (Å²) in [5.74, 6) is 1.17. The van der Waals surface area contributed by atoms with Gasteiger partial charge in [0.25, 0.3) is 0 Å². The number of hydrogen-bond donors (Lipinski definition) is 1. The van der Waals surface area contributed by atoms with Gasteiger partial charge in [0.1, 0.15) is 6.54 Å². The summed E-state index contributed by atoms with van der Waals surface area (Å²) in [6, 6.07) is 0. The van der Waals surface area contributed by atoms with Crippen LogP contribution < -0.4 is 5.73 Å². The van der Waals surface area contributed by atoms with Gasteiger partial charge < -0.3 is 10.3 Å². The van der Waals surface area contributed by atoms with Crippen LogP contribution in [0.15, 0.2) is 10.7 Å². The Morgan fingerprint density at radius 1 is 1.41 bits per heavy atom. The molecular formula is C10H16N6O. The third-order valence-corrected chi connectivity index (χ3v) is 2.35. The molecule has 0 aliphatic rings. The summed E-state index contributed by atoms with van der Waals surface area (Å²) in [7, 11) is 0. The lowest BCUT2D eigenvalue weighted by molar-refractivity contribution is 0.385. The van der Waals surface area contributed by atoms with Crippen LogP contribution in [-0.2, 0) is 13.0 Å². The van der Waals surface area contributed by atoms with E-state index in [1.54, 1.807) is 11.6 Å². The van der Waals surface area contributed by atoms with E-state index < -0.39 is 0 Å². The fourth-order valence-corrected chi connectivity index (χ4v) is 1.53. The highest BCUT2D eigenvalue weighted by molar-refractivity contribution is 4.94. The van der Waals surface area contributed by atoms with Crippen LogP contribution in [0.3, 0.4) is 0 Å². The number of aromatic nitrogens is 5. The Kier molecular flexibility index (Phi) is 3.81. The zero-order valence-corrected chi connectivity index (χ0v) is 9.83. The summed E-state index contributed by atoms with van der Waals surface area (Å²) in [6.45, 7) is 2.97. The normalized spacial score (nSPS) is 10.9. The van der Waals surface area contributed by atoms with Crippen LogP contribution in [0.25, 0.3) is 0 Å². The summed E-state index contributed by atoms with van der Waals surface area (Å²) in [4.78, 5) is 4.11. The first kappa shape index (κ1) is 11.7. The standard InChI is InChI=1S/C10H16N6O/c1-8-12-10(14-17-8)7-16-6-9(13-15-16)4-2-3-5-11/h6H,2-5,7,11H2,1H3. The van der Waals surface area contributed by atoms with Crippen LogP contribution in [-0.4, -0.2) is 31.7 Å². The molecule has 2 aromatic heterocycles. The zero-order valence-electron chi connectivity index (χ0n) is 9.83. The van der Waals surface area contributed by atoms with Crippen LogP contribution in [0.4, 0.5) is 0 Å². The van der Waals surface area contributed by atoms with Crippen LogP contribution in [0, 0.1) is 6.92 Å². The molecule has 2 rings (SSSR count). The van der Waals surface area contributed by atoms with Crippen molar-refractivity contribution in [3.8, 4) is 0 Å². The molecule has 2 aromatic rings. The number of unbranched alkanes of at least 4 members (excludes halogenated alkanes) is 1. The molecule has 0 bridgehead atoms. The van der Waals surface area contributed by atoms with Crippen molar-refractivity contribution < 1.29 is 4.52 Å². The lowest BCUT2D eigenvalue weighted by Crippen LogP contribution is -2.02. The quantitative estimate of drug-likeness (QED) is 0.725. The first-order chi connectivity index (χ1) is 8.28. The van der Waals surface area contributed by atoms with E-state index in [0.717, 1.165) is 31.5 Å². The molecule has 0 fully saturated rings. The van der Waals surface area contributed by atoms with Crippen molar-refractivity contribution in [1.29, 1.82) is 0 Å². The number of rotatable bonds is 6. The maximum Gasteiger partial charge on any atom is 0.223 e. The molecule has 0 radical (unpaired) electrons. The molecule has 17 heavy (non-hydrogen) atoms. The van der Waals surface area contributed by atoms with Gasteiger partial charge in [-0.25, -0.2) is 4.68 Å². The Morgan fingerprint density at radius 2 is 2.29 bits per heavy atom. The molecule has 0 aliphatic heterocycles. The van der Waals surface area contributed by atoms with Gasteiger partial charge in [0.05, 0.1) is 5.69 Å². The highest BCUT2D eigenvalue weighted by atomic mass is 16.5. The molecule has 0 amide bonds. The predicted octanol–water partition coefficient (Wildman–Crippen LogP) is 0.299. The van der Waals surface area contributed by atoms with Gasteiger partial charge in [-0.05, 0) is 25.8 Å². The van der Waals surface area contributed by atoms with Gasteiger partial charge in [-0.3, -0.25) is 0 Å². The fourth-order valence-electron chi connectivity index (χ4n) is 1.53. The highest BCUT2D eigenvalue weighted by Crippen LogP contribution is 2.02. The third kappa shape index (κ3) is 3.35. The Morgan fingerprint density at radius 3 is 3.00 bits per heavy atom. The van der Waals surface area contributed by atoms with Crippen molar-refractivity contribution in [2.45, 2.75) is 32.7 Å². The molecule has 0 unspecified atom stereocenters. The minimum Gasteiger partial charge on any atom is -0.340 e. The maximum atomic E-state index is 5.43. The molecule has 92 valence electrons. The number of nitrogens with zero attached hydrogens (tertiary/aromatic N) is 5. The van der Waals surface area contributed by atoms with Crippen molar-refractivity contribution in [3.05, 3.63) is 23.6 Å². The highest BCUT2D eigenvalue weighted by Gasteiger charge is 2.05. The van der Waals surface area contributed by atoms with Gasteiger partial charge in [-0.2, -0.15) is 4.98 Å². The summed E-state index contributed by atoms with van der Waals surface area (Å²) < 4.78 is 6.60. The molecule has 0 saturated carbocycles. The molecular weight excluding hydrogens is 220 g/mol. The van der Waals surface area contributed by atoms with Crippen LogP contribution in [0.1, 0.15) is 30.3 Å². The summed E-state index contributed by atoms with van der Waals surface area (Å²) in [6.07, 6.45) is 4.86. The van der Waals surface area contributed by atoms with Crippen molar-refractivity contribution in [3.63, 3.8) is 0 Å². The number of aryl methyl sites for hydroxylation is 2. The van der Waals surface area contributed by atoms with Gasteiger partial charge in [0.15, 0.2) is 5.82 Å². The molecule has 0 aromatic carbocycles. The SMILES string of the molecule is Cc1nc(Cn2cc(CCCCN)nn2)no1.